The number of carbonyl (C=O) groups excluding carboxylic acids is 1. The summed E-state index contributed by atoms with van der Waals surface area (Å²) < 4.78 is 12.0. The largest absolute Gasteiger partial charge is 0.545 e. The van der Waals surface area contributed by atoms with Crippen LogP contribution in [-0.4, -0.2) is 21.2 Å². The van der Waals surface area contributed by atoms with Gasteiger partial charge in [-0.25, -0.2) is 0 Å². The summed E-state index contributed by atoms with van der Waals surface area (Å²) in [4.78, 5) is 12.7. The Morgan fingerprint density at radius 1 is 1.35 bits per heavy atom. The van der Waals surface area contributed by atoms with Gasteiger partial charge in [0.25, 0.3) is 0 Å². The Kier molecular flexibility index (Phi) is 4.62. The molecule has 2 rings (SSSR count). The summed E-state index contributed by atoms with van der Waals surface area (Å²) >= 11 is 0. The number of fused-ring (bicyclic) bond motifs is 1. The third kappa shape index (κ3) is 3.02. The van der Waals surface area contributed by atoms with Crippen molar-refractivity contribution >= 4 is 14.1 Å². The summed E-state index contributed by atoms with van der Waals surface area (Å²) in [7, 11) is -0.306. The molecule has 3 nitrogen and oxygen atoms in total. The first kappa shape index (κ1) is 18.3. The quantitative estimate of drug-likeness (QED) is 0.523. The number of Topliss-reactive ketones (excluding diaryl/α,β-unsaturated/α-hetero) is 1. The van der Waals surface area contributed by atoms with Crippen LogP contribution >= 0.6 is 0 Å². The predicted molar refractivity (Wildman–Crippen MR) is 96.5 cm³/mol. The molecule has 2 aliphatic rings. The fraction of sp³-hybridized carbons (Fsp3) is 0.737. The molecule has 0 radical (unpaired) electrons. The van der Waals surface area contributed by atoms with Crippen LogP contribution in [0.15, 0.2) is 23.2 Å². The summed E-state index contributed by atoms with van der Waals surface area (Å²) in [5, 5.41) is 0.112. The van der Waals surface area contributed by atoms with Gasteiger partial charge in [-0.15, -0.1) is 0 Å². The maximum Gasteiger partial charge on any atom is 0.250 e. The van der Waals surface area contributed by atoms with Crippen LogP contribution in [0.1, 0.15) is 53.9 Å². The van der Waals surface area contributed by atoms with E-state index in [1.165, 1.54) is 0 Å². The third-order valence-corrected chi connectivity index (χ3v) is 10.5. The molecular formula is C19H32O3Si. The zero-order valence-electron chi connectivity index (χ0n) is 16.0. The molecule has 0 aromatic heterocycles. The summed E-state index contributed by atoms with van der Waals surface area (Å²) in [6.45, 7) is 15.3. The molecule has 23 heavy (non-hydrogen) atoms. The molecule has 0 heterocycles. The van der Waals surface area contributed by atoms with Crippen LogP contribution in [-0.2, 0) is 14.0 Å². The first-order chi connectivity index (χ1) is 10.4. The van der Waals surface area contributed by atoms with Crippen LogP contribution in [0.4, 0.5) is 0 Å². The molecule has 0 spiro atoms. The molecular weight excluding hydrogens is 304 g/mol. The van der Waals surface area contributed by atoms with E-state index in [1.54, 1.807) is 7.11 Å². The van der Waals surface area contributed by atoms with Gasteiger partial charge in [-0.2, -0.15) is 0 Å². The van der Waals surface area contributed by atoms with Gasteiger partial charge < -0.3 is 9.16 Å². The number of hydrogen-bond acceptors (Lipinski definition) is 3. The molecule has 1 saturated carbocycles. The van der Waals surface area contributed by atoms with E-state index in [4.69, 9.17) is 9.16 Å². The van der Waals surface area contributed by atoms with E-state index in [0.29, 0.717) is 18.1 Å². The number of carbonyl (C=O) groups is 1. The number of ketones is 1. The molecule has 0 aromatic carbocycles. The highest BCUT2D eigenvalue weighted by Crippen LogP contribution is 2.57. The zero-order chi connectivity index (χ0) is 17.6. The van der Waals surface area contributed by atoms with E-state index < -0.39 is 13.7 Å². The van der Waals surface area contributed by atoms with Gasteiger partial charge in [0, 0.05) is 6.42 Å². The molecule has 0 bridgehead atoms. The highest BCUT2D eigenvalue weighted by molar-refractivity contribution is 6.74. The van der Waals surface area contributed by atoms with Crippen LogP contribution in [0.25, 0.3) is 0 Å². The lowest BCUT2D eigenvalue weighted by molar-refractivity contribution is -0.125. The SMILES string of the molecule is CO/C(C)=C\C1=C(O[Si](C)(C)C(C)(C)C)[C@@]2(C)C(=O)CC[C@H]2C1. The van der Waals surface area contributed by atoms with Crippen molar-refractivity contribution in [3.8, 4) is 0 Å². The first-order valence-electron chi connectivity index (χ1n) is 8.61. The monoisotopic (exact) mass is 336 g/mol. The highest BCUT2D eigenvalue weighted by atomic mass is 28.4. The van der Waals surface area contributed by atoms with Crippen LogP contribution in [0.3, 0.4) is 0 Å². The van der Waals surface area contributed by atoms with Gasteiger partial charge in [0.2, 0.25) is 8.32 Å². The lowest BCUT2D eigenvalue weighted by Crippen LogP contribution is -2.43. The minimum absolute atomic E-state index is 0.112. The maximum absolute atomic E-state index is 12.7. The summed E-state index contributed by atoms with van der Waals surface area (Å²) in [6.07, 6.45) is 4.65. The van der Waals surface area contributed by atoms with E-state index in [9.17, 15) is 4.79 Å². The molecule has 2 atom stereocenters. The summed E-state index contributed by atoms with van der Waals surface area (Å²) in [6, 6.07) is 0. The van der Waals surface area contributed by atoms with Crippen LogP contribution in [0.5, 0.6) is 0 Å². The van der Waals surface area contributed by atoms with E-state index in [0.717, 1.165) is 29.9 Å². The number of hydrogen-bond donors (Lipinski definition) is 0. The van der Waals surface area contributed by atoms with Crippen LogP contribution < -0.4 is 0 Å². The van der Waals surface area contributed by atoms with Crippen LogP contribution in [0.2, 0.25) is 18.1 Å². The third-order valence-electron chi connectivity index (χ3n) is 6.21. The van der Waals surface area contributed by atoms with Crippen LogP contribution in [0, 0.1) is 11.3 Å². The molecule has 1 fully saturated rings. The van der Waals surface area contributed by atoms with Crippen molar-refractivity contribution in [2.24, 2.45) is 11.3 Å². The maximum atomic E-state index is 12.7. The molecule has 0 aromatic rings. The molecule has 2 aliphatic carbocycles. The molecule has 0 saturated heterocycles. The molecule has 130 valence electrons. The van der Waals surface area contributed by atoms with E-state index in [2.05, 4.69) is 46.9 Å². The summed E-state index contributed by atoms with van der Waals surface area (Å²) in [5.74, 6) is 2.53. The second-order valence-electron chi connectivity index (χ2n) is 8.74. The molecule has 4 heteroatoms. The Morgan fingerprint density at radius 2 is 1.96 bits per heavy atom. The van der Waals surface area contributed by atoms with Crippen molar-refractivity contribution in [1.29, 1.82) is 0 Å². The number of ether oxygens (including phenoxy) is 1. The Labute approximate surface area is 142 Å². The standard InChI is InChI=1S/C19H32O3Si/c1-13(21-6)11-14-12-15-9-10-16(20)19(15,5)17(14)22-23(7,8)18(2,3)4/h11,15H,9-10,12H2,1-8H3/b13-11-/t15-,19+/m0/s1. The van der Waals surface area contributed by atoms with Gasteiger partial charge in [0.05, 0.1) is 24.0 Å². The Bertz CT molecular complexity index is 566. The van der Waals surface area contributed by atoms with Crippen molar-refractivity contribution in [3.63, 3.8) is 0 Å². The molecule has 0 amide bonds. The molecule has 0 aliphatic heterocycles. The topological polar surface area (TPSA) is 35.5 Å². The molecule has 0 N–H and O–H groups in total. The van der Waals surface area contributed by atoms with Crippen molar-refractivity contribution in [3.05, 3.63) is 23.2 Å². The van der Waals surface area contributed by atoms with Gasteiger partial charge >= 0.3 is 0 Å². The lowest BCUT2D eigenvalue weighted by atomic mass is 9.81. The van der Waals surface area contributed by atoms with E-state index >= 15 is 0 Å². The Balaban J connectivity index is 2.50. The second kappa shape index (κ2) is 5.80. The minimum atomic E-state index is -1.99. The fourth-order valence-corrected chi connectivity index (χ4v) is 4.56. The van der Waals surface area contributed by atoms with Gasteiger partial charge in [0.15, 0.2) is 0 Å². The second-order valence-corrected chi connectivity index (χ2v) is 13.5. The zero-order valence-corrected chi connectivity index (χ0v) is 17.0. The predicted octanol–water partition coefficient (Wildman–Crippen LogP) is 5.20. The lowest BCUT2D eigenvalue weighted by Gasteiger charge is -2.40. The van der Waals surface area contributed by atoms with Gasteiger partial charge in [0.1, 0.15) is 5.78 Å². The van der Waals surface area contributed by atoms with Gasteiger partial charge in [-0.05, 0) is 62.4 Å². The van der Waals surface area contributed by atoms with Crippen molar-refractivity contribution in [1.82, 2.24) is 0 Å². The number of methoxy groups -OCH3 is 1. The highest BCUT2D eigenvalue weighted by Gasteiger charge is 2.56. The normalized spacial score (nSPS) is 29.1. The minimum Gasteiger partial charge on any atom is -0.545 e. The van der Waals surface area contributed by atoms with E-state index in [-0.39, 0.29) is 5.04 Å². The smallest absolute Gasteiger partial charge is 0.250 e. The van der Waals surface area contributed by atoms with Gasteiger partial charge in [-0.3, -0.25) is 4.79 Å². The molecule has 0 unspecified atom stereocenters. The number of allylic oxidation sites excluding steroid dienone is 4. The van der Waals surface area contributed by atoms with Crippen molar-refractivity contribution < 1.29 is 14.0 Å². The van der Waals surface area contributed by atoms with Crippen molar-refractivity contribution in [2.75, 3.05) is 7.11 Å². The first-order valence-corrected chi connectivity index (χ1v) is 11.5. The Hall–Kier alpha value is -1.03. The summed E-state index contributed by atoms with van der Waals surface area (Å²) in [5.41, 5.74) is 0.727. The van der Waals surface area contributed by atoms with Gasteiger partial charge in [-0.1, -0.05) is 20.8 Å². The fourth-order valence-electron chi connectivity index (χ4n) is 3.40. The number of rotatable bonds is 4. The average Bonchev–Trinajstić information content (AvgIpc) is 2.84. The van der Waals surface area contributed by atoms with Crippen molar-refractivity contribution in [2.45, 2.75) is 72.0 Å². The average molecular weight is 337 g/mol. The van der Waals surface area contributed by atoms with E-state index in [1.807, 2.05) is 6.92 Å². The Morgan fingerprint density at radius 3 is 2.48 bits per heavy atom.